The molecule has 4 heteroatoms. The number of hydrogen-bond acceptors (Lipinski definition) is 2. The molecule has 0 spiro atoms. The number of nitrogens with zero attached hydrogens (tertiary/aromatic N) is 1. The van der Waals surface area contributed by atoms with Gasteiger partial charge in [-0.15, -0.1) is 0 Å². The molecule has 0 saturated carbocycles. The highest BCUT2D eigenvalue weighted by molar-refractivity contribution is 9.10. The van der Waals surface area contributed by atoms with Crippen LogP contribution in [0.25, 0.3) is 0 Å². The summed E-state index contributed by atoms with van der Waals surface area (Å²) < 4.78 is 6.72. The Morgan fingerprint density at radius 2 is 1.74 bits per heavy atom. The lowest BCUT2D eigenvalue weighted by Crippen LogP contribution is -2.40. The lowest BCUT2D eigenvalue weighted by molar-refractivity contribution is -0.137. The van der Waals surface area contributed by atoms with Gasteiger partial charge in [-0.1, -0.05) is 28.8 Å². The lowest BCUT2D eigenvalue weighted by atomic mass is 10.2. The summed E-state index contributed by atoms with van der Waals surface area (Å²) in [6.45, 7) is 3.56. The molecule has 1 aliphatic heterocycles. The van der Waals surface area contributed by atoms with Crippen molar-refractivity contribution in [3.63, 3.8) is 0 Å². The number of carbonyl (C=O) groups is 1. The van der Waals surface area contributed by atoms with Crippen molar-refractivity contribution >= 4 is 21.8 Å². The molecule has 0 radical (unpaired) electrons. The minimum absolute atomic E-state index is 0.102. The van der Waals surface area contributed by atoms with Crippen LogP contribution in [0, 0.1) is 0 Å². The number of carbonyl (C=O) groups excluding carboxylic acids is 1. The van der Waals surface area contributed by atoms with Gasteiger partial charge in [-0.3, -0.25) is 4.79 Å². The number of amides is 1. The zero-order valence-corrected chi connectivity index (χ0v) is 12.9. The Kier molecular flexibility index (Phi) is 5.25. The van der Waals surface area contributed by atoms with Gasteiger partial charge in [0.2, 0.25) is 0 Å². The van der Waals surface area contributed by atoms with Crippen molar-refractivity contribution in [2.75, 3.05) is 13.1 Å². The highest BCUT2D eigenvalue weighted by atomic mass is 79.9. The SMILES string of the molecule is C[C@H](Oc1ccc(Br)cc1)C(=O)N1CCCCCC1. The molecule has 1 heterocycles. The first-order valence-electron chi connectivity index (χ1n) is 6.88. The van der Waals surface area contributed by atoms with Gasteiger partial charge in [0, 0.05) is 17.6 Å². The molecule has 3 nitrogen and oxygen atoms in total. The van der Waals surface area contributed by atoms with Gasteiger partial charge in [-0.25, -0.2) is 0 Å². The lowest BCUT2D eigenvalue weighted by Gasteiger charge is -2.24. The van der Waals surface area contributed by atoms with Gasteiger partial charge in [-0.05, 0) is 44.0 Å². The van der Waals surface area contributed by atoms with E-state index in [0.717, 1.165) is 36.2 Å². The molecule has 0 unspecified atom stereocenters. The van der Waals surface area contributed by atoms with E-state index >= 15 is 0 Å². The molecule has 0 bridgehead atoms. The second-order valence-electron chi connectivity index (χ2n) is 4.95. The first-order chi connectivity index (χ1) is 9.16. The third-order valence-electron chi connectivity index (χ3n) is 3.39. The van der Waals surface area contributed by atoms with Crippen LogP contribution in [0.15, 0.2) is 28.7 Å². The van der Waals surface area contributed by atoms with E-state index in [9.17, 15) is 4.79 Å². The van der Waals surface area contributed by atoms with Crippen LogP contribution in [0.1, 0.15) is 32.6 Å². The number of halogens is 1. The van der Waals surface area contributed by atoms with Gasteiger partial charge < -0.3 is 9.64 Å². The summed E-state index contributed by atoms with van der Waals surface area (Å²) in [5.74, 6) is 0.837. The first kappa shape index (κ1) is 14.4. The molecule has 0 aromatic heterocycles. The Balaban J connectivity index is 1.92. The highest BCUT2D eigenvalue weighted by Gasteiger charge is 2.22. The van der Waals surface area contributed by atoms with Gasteiger partial charge >= 0.3 is 0 Å². The van der Waals surface area contributed by atoms with Crippen LogP contribution in [0.4, 0.5) is 0 Å². The number of likely N-dealkylation sites (tertiary alicyclic amines) is 1. The minimum atomic E-state index is -0.417. The van der Waals surface area contributed by atoms with Crippen molar-refractivity contribution in [1.29, 1.82) is 0 Å². The minimum Gasteiger partial charge on any atom is -0.481 e. The quantitative estimate of drug-likeness (QED) is 0.849. The molecule has 2 rings (SSSR count). The summed E-state index contributed by atoms with van der Waals surface area (Å²) in [5.41, 5.74) is 0. The Morgan fingerprint density at radius 3 is 2.32 bits per heavy atom. The summed E-state index contributed by atoms with van der Waals surface area (Å²) in [7, 11) is 0. The normalized spacial score (nSPS) is 17.7. The number of rotatable bonds is 3. The topological polar surface area (TPSA) is 29.5 Å². The van der Waals surface area contributed by atoms with Gasteiger partial charge in [-0.2, -0.15) is 0 Å². The van der Waals surface area contributed by atoms with Crippen LogP contribution in [0.5, 0.6) is 5.75 Å². The molecule has 104 valence electrons. The molecule has 1 aromatic carbocycles. The van der Waals surface area contributed by atoms with Gasteiger partial charge in [0.15, 0.2) is 6.10 Å². The van der Waals surface area contributed by atoms with E-state index in [4.69, 9.17) is 4.74 Å². The summed E-state index contributed by atoms with van der Waals surface area (Å²) in [6.07, 6.45) is 4.25. The molecule has 1 fully saturated rings. The fraction of sp³-hybridized carbons (Fsp3) is 0.533. The predicted molar refractivity (Wildman–Crippen MR) is 79.3 cm³/mol. The van der Waals surface area contributed by atoms with Crippen LogP contribution in [-0.4, -0.2) is 30.0 Å². The predicted octanol–water partition coefficient (Wildman–Crippen LogP) is 3.62. The van der Waals surface area contributed by atoms with Crippen molar-refractivity contribution in [3.05, 3.63) is 28.7 Å². The Labute approximate surface area is 123 Å². The van der Waals surface area contributed by atoms with E-state index in [1.54, 1.807) is 0 Å². The standard InChI is InChI=1S/C15H20BrNO2/c1-12(19-14-8-6-13(16)7-9-14)15(18)17-10-4-2-3-5-11-17/h6-9,12H,2-5,10-11H2,1H3/t12-/m0/s1. The van der Waals surface area contributed by atoms with Crippen LogP contribution in [0.3, 0.4) is 0 Å². The smallest absolute Gasteiger partial charge is 0.263 e. The van der Waals surface area contributed by atoms with Gasteiger partial charge in [0.25, 0.3) is 5.91 Å². The van der Waals surface area contributed by atoms with Crippen LogP contribution < -0.4 is 4.74 Å². The van der Waals surface area contributed by atoms with E-state index in [2.05, 4.69) is 15.9 Å². The van der Waals surface area contributed by atoms with E-state index in [-0.39, 0.29) is 5.91 Å². The number of ether oxygens (including phenoxy) is 1. The molecule has 1 aromatic rings. The highest BCUT2D eigenvalue weighted by Crippen LogP contribution is 2.18. The second-order valence-corrected chi connectivity index (χ2v) is 5.87. The average molecular weight is 326 g/mol. The molecule has 1 atom stereocenters. The summed E-state index contributed by atoms with van der Waals surface area (Å²) in [5, 5.41) is 0. The van der Waals surface area contributed by atoms with Crippen molar-refractivity contribution < 1.29 is 9.53 Å². The zero-order valence-electron chi connectivity index (χ0n) is 11.3. The van der Waals surface area contributed by atoms with Crippen molar-refractivity contribution in [1.82, 2.24) is 4.90 Å². The third kappa shape index (κ3) is 4.23. The van der Waals surface area contributed by atoms with Crippen molar-refractivity contribution in [2.24, 2.45) is 0 Å². The Hall–Kier alpha value is -1.03. The molecule has 1 aliphatic rings. The number of benzene rings is 1. The van der Waals surface area contributed by atoms with E-state index < -0.39 is 6.10 Å². The first-order valence-corrected chi connectivity index (χ1v) is 7.67. The van der Waals surface area contributed by atoms with E-state index in [1.807, 2.05) is 36.1 Å². The van der Waals surface area contributed by atoms with Crippen LogP contribution >= 0.6 is 15.9 Å². The van der Waals surface area contributed by atoms with E-state index in [1.165, 1.54) is 12.8 Å². The molecule has 19 heavy (non-hydrogen) atoms. The average Bonchev–Trinajstić information content (AvgIpc) is 2.69. The Morgan fingerprint density at radius 1 is 1.16 bits per heavy atom. The maximum Gasteiger partial charge on any atom is 0.263 e. The summed E-state index contributed by atoms with van der Waals surface area (Å²) in [6, 6.07) is 7.57. The molecule has 1 saturated heterocycles. The fourth-order valence-electron chi connectivity index (χ4n) is 2.32. The zero-order chi connectivity index (χ0) is 13.7. The maximum atomic E-state index is 12.3. The second kappa shape index (κ2) is 6.94. The monoisotopic (exact) mass is 325 g/mol. The fourth-order valence-corrected chi connectivity index (χ4v) is 2.58. The van der Waals surface area contributed by atoms with Gasteiger partial charge in [0.1, 0.15) is 5.75 Å². The maximum absolute atomic E-state index is 12.3. The van der Waals surface area contributed by atoms with Crippen molar-refractivity contribution in [2.45, 2.75) is 38.7 Å². The Bertz CT molecular complexity index is 411. The van der Waals surface area contributed by atoms with Crippen molar-refractivity contribution in [3.8, 4) is 5.75 Å². The van der Waals surface area contributed by atoms with Crippen LogP contribution in [-0.2, 0) is 4.79 Å². The summed E-state index contributed by atoms with van der Waals surface area (Å²) >= 11 is 3.38. The van der Waals surface area contributed by atoms with Crippen LogP contribution in [0.2, 0.25) is 0 Å². The largest absolute Gasteiger partial charge is 0.481 e. The molecular weight excluding hydrogens is 306 g/mol. The molecule has 0 aliphatic carbocycles. The van der Waals surface area contributed by atoms with Gasteiger partial charge in [0.05, 0.1) is 0 Å². The van der Waals surface area contributed by atoms with E-state index in [0.29, 0.717) is 0 Å². The number of hydrogen-bond donors (Lipinski definition) is 0. The molecule has 1 amide bonds. The molecule has 0 N–H and O–H groups in total. The molecular formula is C15H20BrNO2. The third-order valence-corrected chi connectivity index (χ3v) is 3.92. The summed E-state index contributed by atoms with van der Waals surface area (Å²) in [4.78, 5) is 14.3.